The van der Waals surface area contributed by atoms with Crippen LogP contribution in [-0.4, -0.2) is 0 Å². The number of anilines is 2. The lowest BCUT2D eigenvalue weighted by Crippen LogP contribution is -2.42. The lowest BCUT2D eigenvalue weighted by Gasteiger charge is -2.52. The van der Waals surface area contributed by atoms with Crippen LogP contribution in [0.3, 0.4) is 0 Å². The van der Waals surface area contributed by atoms with Gasteiger partial charge in [0.2, 0.25) is 0 Å². The first-order valence-corrected chi connectivity index (χ1v) is 39.4. The van der Waals surface area contributed by atoms with E-state index in [9.17, 15) is 0 Å². The lowest BCUT2D eigenvalue weighted by molar-refractivity contribution is 0.497. The van der Waals surface area contributed by atoms with Crippen LogP contribution in [0.4, 0.5) is 11.4 Å². The van der Waals surface area contributed by atoms with Gasteiger partial charge in [-0.15, -0.1) is 0 Å². The molecule has 2 spiro atoms. The molecule has 522 valence electrons. The first-order valence-electron chi connectivity index (χ1n) is 39.4. The first kappa shape index (κ1) is 64.5. The van der Waals surface area contributed by atoms with E-state index in [1.54, 1.807) is 0 Å². The van der Waals surface area contributed by atoms with E-state index in [2.05, 4.69) is 382 Å². The van der Waals surface area contributed by atoms with E-state index < -0.39 is 16.2 Å². The number of rotatable bonds is 8. The second-order valence-electron chi connectivity index (χ2n) is 33.0. The Morgan fingerprint density at radius 2 is 0.800 bits per heavy atom. The van der Waals surface area contributed by atoms with Crippen LogP contribution in [0.1, 0.15) is 117 Å². The van der Waals surface area contributed by atoms with E-state index in [-0.39, 0.29) is 0 Å². The van der Waals surface area contributed by atoms with Crippen LogP contribution in [0.25, 0.3) is 113 Å². The third-order valence-electron chi connectivity index (χ3n) is 26.3. The average Bonchev–Trinajstić information content (AvgIpc) is 1.48. The molecule has 1 nitrogen and oxygen atoms in total. The molecular formula is C109H81N. The Hall–Kier alpha value is -12.7. The zero-order valence-corrected chi connectivity index (χ0v) is 63.5. The monoisotopic (exact) mass is 1400 g/mol. The molecule has 0 bridgehead atoms. The maximum Gasteiger partial charge on any atom is 0.0807 e. The van der Waals surface area contributed by atoms with Gasteiger partial charge in [0.1, 0.15) is 0 Å². The molecule has 2 unspecified atom stereocenters. The van der Waals surface area contributed by atoms with Gasteiger partial charge in [-0.25, -0.2) is 0 Å². The molecule has 0 amide bonds. The average molecular weight is 1400 g/mol. The van der Waals surface area contributed by atoms with Crippen LogP contribution >= 0.6 is 0 Å². The van der Waals surface area contributed by atoms with Crippen LogP contribution in [-0.2, 0) is 12.8 Å². The summed E-state index contributed by atoms with van der Waals surface area (Å²) in [5, 5.41) is 0. The highest BCUT2D eigenvalue weighted by Crippen LogP contribution is 2.73. The highest BCUT2D eigenvalue weighted by Gasteiger charge is 2.59. The molecule has 0 N–H and O–H groups in total. The van der Waals surface area contributed by atoms with Crippen LogP contribution in [0.2, 0.25) is 0 Å². The number of allylic oxidation sites excluding steroid dienone is 17. The predicted octanol–water partition coefficient (Wildman–Crippen LogP) is 27.9. The fourth-order valence-electron chi connectivity index (χ4n) is 21.3. The molecular weight excluding hydrogens is 1320 g/mol. The molecule has 2 atom stereocenters. The number of hydrogen-bond acceptors (Lipinski definition) is 1. The van der Waals surface area contributed by atoms with Crippen molar-refractivity contribution in [1.82, 2.24) is 0 Å². The van der Waals surface area contributed by atoms with Crippen LogP contribution < -0.4 is 4.90 Å². The Balaban J connectivity index is 0.986. The number of nitrogens with zero attached hydrogens (tertiary/aromatic N) is 1. The summed E-state index contributed by atoms with van der Waals surface area (Å²) in [5.74, 6) is 0. The molecule has 0 aromatic heterocycles. The molecule has 0 saturated heterocycles. The van der Waals surface area contributed by atoms with Crippen molar-refractivity contribution >= 4 is 58.0 Å². The van der Waals surface area contributed by atoms with E-state index in [0.717, 1.165) is 18.5 Å². The number of hydrogen-bond donors (Lipinski definition) is 0. The molecule has 12 aromatic carbocycles. The summed E-state index contributed by atoms with van der Waals surface area (Å²) in [5.41, 5.74) is 52.7. The number of para-hydroxylation sites is 1. The van der Waals surface area contributed by atoms with Gasteiger partial charge < -0.3 is 4.90 Å². The van der Waals surface area contributed by atoms with Gasteiger partial charge in [-0.1, -0.05) is 306 Å². The Morgan fingerprint density at radius 3 is 1.41 bits per heavy atom. The highest BCUT2D eigenvalue weighted by atomic mass is 15.2. The van der Waals surface area contributed by atoms with Crippen molar-refractivity contribution in [3.8, 4) is 66.8 Å². The van der Waals surface area contributed by atoms with E-state index in [1.807, 2.05) is 0 Å². The zero-order valence-electron chi connectivity index (χ0n) is 63.5. The first-order chi connectivity index (χ1) is 53.8. The summed E-state index contributed by atoms with van der Waals surface area (Å²) >= 11 is 0. The minimum atomic E-state index is -0.979. The largest absolute Gasteiger partial charge is 0.311 e. The lowest BCUT2D eigenvalue weighted by atomic mass is 9.52. The maximum absolute atomic E-state index is 2.88. The van der Waals surface area contributed by atoms with Gasteiger partial charge in [0.05, 0.1) is 22.2 Å². The molecule has 10 aliphatic rings. The molecule has 22 rings (SSSR count). The van der Waals surface area contributed by atoms with Gasteiger partial charge in [0.25, 0.3) is 0 Å². The van der Waals surface area contributed by atoms with E-state index in [0.29, 0.717) is 0 Å². The van der Waals surface area contributed by atoms with Gasteiger partial charge in [-0.05, 0) is 300 Å². The minimum absolute atomic E-state index is 0.428. The maximum atomic E-state index is 2.88. The highest BCUT2D eigenvalue weighted by molar-refractivity contribution is 6.17. The standard InChI is InChI=1S/C109H81N/c1-64-55-88-80-43-22-15-35-71(80)57-91(88)99(66(64)3)102-87(84-47-26-25-40-77(84)69-31-11-9-12-32-69)52-51-76-62-96-103(101(76)102)100(104-97(107(6,7)8)63-90-82-45-24-19-39-75(82)61-95(90)108(104)53-29-48-85-78-41-20-17-37-73(78)59-93(85)108)68(5)106(109(96)54-30-49-86-79-42-21-18-38-74(79)60-94(86)109)110(98-50-28-27-46-83(98)70-33-13-10-14-34-70)105-67(4)65(2)56-89-81-44-23-16-36-72(81)58-92(89)105/h9-56,59-63H,57-58H2,1-8H3. The minimum Gasteiger partial charge on any atom is -0.311 e. The molecule has 0 heterocycles. The molecule has 10 aliphatic carbocycles. The number of aryl methyl sites for hydroxylation is 2. The Morgan fingerprint density at radius 1 is 0.336 bits per heavy atom. The van der Waals surface area contributed by atoms with Crippen molar-refractivity contribution in [3.05, 3.63) is 437 Å². The molecule has 0 radical (unpaired) electrons. The van der Waals surface area contributed by atoms with Gasteiger partial charge >= 0.3 is 0 Å². The van der Waals surface area contributed by atoms with E-state index in [4.69, 9.17) is 0 Å². The van der Waals surface area contributed by atoms with Crippen molar-refractivity contribution in [2.24, 2.45) is 16.2 Å². The smallest absolute Gasteiger partial charge is 0.0807 e. The second kappa shape index (κ2) is 23.7. The zero-order chi connectivity index (χ0) is 73.8. The van der Waals surface area contributed by atoms with Crippen LogP contribution in [0.15, 0.2) is 348 Å². The summed E-state index contributed by atoms with van der Waals surface area (Å²) in [4.78, 5) is 2.88. The summed E-state index contributed by atoms with van der Waals surface area (Å²) in [7, 11) is 0. The van der Waals surface area contributed by atoms with Crippen molar-refractivity contribution in [1.29, 1.82) is 0 Å². The molecule has 1 heteroatoms. The number of benzene rings is 12. The summed E-state index contributed by atoms with van der Waals surface area (Å²) < 4.78 is 0. The third-order valence-corrected chi connectivity index (χ3v) is 26.3. The van der Waals surface area contributed by atoms with Gasteiger partial charge in [-0.3, -0.25) is 0 Å². The van der Waals surface area contributed by atoms with Crippen molar-refractivity contribution < 1.29 is 0 Å². The van der Waals surface area contributed by atoms with Crippen molar-refractivity contribution in [3.63, 3.8) is 0 Å². The van der Waals surface area contributed by atoms with Gasteiger partial charge in [-0.2, -0.15) is 0 Å². The molecule has 0 saturated carbocycles. The van der Waals surface area contributed by atoms with E-state index in [1.165, 1.54) is 234 Å². The Bertz CT molecular complexity index is 6620. The molecule has 0 aliphatic heterocycles. The SMILES string of the molecule is CC1=C(N(c2ccccc2-c2ccccc2)c2c(C)c(C)cc3c2Cc2ccccc2-3)C2(C=CC=C3C2=Cc2ccccc23)C2=Cc3ccc(-c4ccccc4-c4ccccc4)c(-c4c(C)c(C)cc5c4Cc4ccccc4-5)c3C2=C1C1=C(C(C)(C)C)C=C2C(=Cc3ccccc32)C12C=CC=C1C2=Cc2ccccc21. The Kier molecular flexibility index (Phi) is 13.9. The van der Waals surface area contributed by atoms with Crippen LogP contribution in [0, 0.1) is 43.9 Å². The Labute approximate surface area is 646 Å². The molecule has 0 fully saturated rings. The summed E-state index contributed by atoms with van der Waals surface area (Å²) in [6.45, 7) is 19.7. The fraction of sp³-hybridized carbons (Fsp3) is 0.119. The third kappa shape index (κ3) is 8.86. The van der Waals surface area contributed by atoms with Crippen molar-refractivity contribution in [2.45, 2.75) is 68.2 Å². The topological polar surface area (TPSA) is 3.24 Å². The summed E-state index contributed by atoms with van der Waals surface area (Å²) in [6.07, 6.45) is 29.9. The van der Waals surface area contributed by atoms with Crippen LogP contribution in [0.5, 0.6) is 0 Å². The van der Waals surface area contributed by atoms with E-state index >= 15 is 0 Å². The second-order valence-corrected chi connectivity index (χ2v) is 33.0. The van der Waals surface area contributed by atoms with Gasteiger partial charge in [0.15, 0.2) is 0 Å². The summed E-state index contributed by atoms with van der Waals surface area (Å²) in [6, 6.07) is 97.3. The molecule has 110 heavy (non-hydrogen) atoms. The quantitative estimate of drug-likeness (QED) is 0.147. The number of fused-ring (bicyclic) bond motifs is 22. The fourth-order valence-corrected chi connectivity index (χ4v) is 21.3. The van der Waals surface area contributed by atoms with Crippen molar-refractivity contribution in [2.75, 3.05) is 4.90 Å². The van der Waals surface area contributed by atoms with Gasteiger partial charge in [0, 0.05) is 17.7 Å². The molecule has 12 aromatic rings. The normalized spacial score (nSPS) is 18.6. The predicted molar refractivity (Wildman–Crippen MR) is 463 cm³/mol.